The molecule has 5 aromatic rings. The summed E-state index contributed by atoms with van der Waals surface area (Å²) in [6.45, 7) is 0.249. The van der Waals surface area contributed by atoms with Crippen LogP contribution in [0.25, 0.3) is 28.2 Å². The third-order valence-corrected chi connectivity index (χ3v) is 7.25. The van der Waals surface area contributed by atoms with E-state index in [4.69, 9.17) is 16.1 Å². The molecule has 34 heavy (non-hydrogen) atoms. The minimum absolute atomic E-state index is 0.0730. The smallest absolute Gasteiger partial charge is 0.349 e. The van der Waals surface area contributed by atoms with E-state index in [9.17, 15) is 9.90 Å². The van der Waals surface area contributed by atoms with Crippen LogP contribution in [0.4, 0.5) is 0 Å². The zero-order valence-electron chi connectivity index (χ0n) is 17.8. The van der Waals surface area contributed by atoms with E-state index in [0.29, 0.717) is 38.9 Å². The fourth-order valence-electron chi connectivity index (χ4n) is 4.18. The van der Waals surface area contributed by atoms with Gasteiger partial charge in [0, 0.05) is 23.7 Å². The van der Waals surface area contributed by atoms with Crippen molar-refractivity contribution in [3.63, 3.8) is 0 Å². The van der Waals surface area contributed by atoms with Gasteiger partial charge in [0.1, 0.15) is 12.1 Å². The molecule has 0 amide bonds. The van der Waals surface area contributed by atoms with Gasteiger partial charge in [0.15, 0.2) is 4.47 Å². The van der Waals surface area contributed by atoms with Crippen LogP contribution >= 0.6 is 22.9 Å². The van der Waals surface area contributed by atoms with Crippen molar-refractivity contribution in [2.75, 3.05) is 0 Å². The Morgan fingerprint density at radius 1 is 1.21 bits per heavy atom. The van der Waals surface area contributed by atoms with Gasteiger partial charge in [-0.2, -0.15) is 9.38 Å². The van der Waals surface area contributed by atoms with Crippen LogP contribution in [-0.2, 0) is 6.54 Å². The molecule has 1 fully saturated rings. The quantitative estimate of drug-likeness (QED) is 0.347. The van der Waals surface area contributed by atoms with E-state index in [0.717, 1.165) is 17.7 Å². The molecule has 10 heteroatoms. The van der Waals surface area contributed by atoms with Gasteiger partial charge in [-0.15, -0.1) is 11.3 Å². The van der Waals surface area contributed by atoms with Crippen LogP contribution in [0.3, 0.4) is 0 Å². The Morgan fingerprint density at radius 2 is 2.06 bits per heavy atom. The van der Waals surface area contributed by atoms with E-state index in [2.05, 4.69) is 15.1 Å². The van der Waals surface area contributed by atoms with Gasteiger partial charge in [0.05, 0.1) is 17.0 Å². The standard InChI is InChI=1S/C24H18ClN5O3S/c25-24-26-12-17(34-24)13-30-18-9-1-2-10-29(18)22(31)19(23(30)32)15-7-4-8-16(11-15)20-27-21(33-28-20)14-5-3-6-14/h1-2,4,7-12,14H,3,5-6,13H2. The summed E-state index contributed by atoms with van der Waals surface area (Å²) in [6, 6.07) is 12.4. The maximum atomic E-state index is 13.7. The summed E-state index contributed by atoms with van der Waals surface area (Å²) < 4.78 is 8.90. The van der Waals surface area contributed by atoms with Gasteiger partial charge in [-0.25, -0.2) is 14.3 Å². The molecule has 0 bridgehead atoms. The van der Waals surface area contributed by atoms with Crippen LogP contribution < -0.4 is 15.2 Å². The van der Waals surface area contributed by atoms with Crippen molar-refractivity contribution in [2.24, 2.45) is 0 Å². The SMILES string of the molecule is O=c1c(-c2cccc(-c3noc(C4CCC4)n3)c2)c([O-])[n+](Cc2cnc(Cl)s2)c2ccccn12. The van der Waals surface area contributed by atoms with E-state index in [1.165, 1.54) is 22.2 Å². The lowest BCUT2D eigenvalue weighted by Gasteiger charge is -2.20. The second kappa shape index (κ2) is 8.34. The molecule has 1 aromatic carbocycles. The molecule has 4 heterocycles. The molecule has 0 atom stereocenters. The Balaban J connectivity index is 1.49. The van der Waals surface area contributed by atoms with Crippen LogP contribution in [0, 0.1) is 0 Å². The molecule has 0 saturated heterocycles. The first-order valence-electron chi connectivity index (χ1n) is 10.9. The number of pyridine rings is 1. The lowest BCUT2D eigenvalue weighted by atomic mass is 9.85. The number of rotatable bonds is 5. The fourth-order valence-corrected chi connectivity index (χ4v) is 5.14. The normalized spacial score (nSPS) is 13.9. The van der Waals surface area contributed by atoms with E-state index in [-0.39, 0.29) is 23.5 Å². The second-order valence-electron chi connectivity index (χ2n) is 8.24. The van der Waals surface area contributed by atoms with Crippen LogP contribution in [0.1, 0.15) is 35.9 Å². The molecule has 0 N–H and O–H groups in total. The number of hydrogen-bond donors (Lipinski definition) is 0. The summed E-state index contributed by atoms with van der Waals surface area (Å²) >= 11 is 7.29. The average molecular weight is 492 g/mol. The third kappa shape index (κ3) is 3.57. The zero-order valence-corrected chi connectivity index (χ0v) is 19.4. The van der Waals surface area contributed by atoms with Crippen molar-refractivity contribution >= 4 is 28.6 Å². The van der Waals surface area contributed by atoms with E-state index in [1.807, 2.05) is 6.07 Å². The highest BCUT2D eigenvalue weighted by Gasteiger charge is 2.26. The van der Waals surface area contributed by atoms with Crippen molar-refractivity contribution in [3.05, 3.63) is 80.4 Å². The number of benzene rings is 1. The van der Waals surface area contributed by atoms with Crippen molar-refractivity contribution in [2.45, 2.75) is 31.7 Å². The summed E-state index contributed by atoms with van der Waals surface area (Å²) in [6.07, 6.45) is 6.58. The predicted molar refractivity (Wildman–Crippen MR) is 125 cm³/mol. The Kier molecular flexibility index (Phi) is 5.15. The molecular weight excluding hydrogens is 474 g/mol. The van der Waals surface area contributed by atoms with Gasteiger partial charge in [-0.1, -0.05) is 47.4 Å². The lowest BCUT2D eigenvalue weighted by Crippen LogP contribution is -2.44. The number of fused-ring (bicyclic) bond motifs is 1. The Labute approximate surface area is 202 Å². The molecule has 0 radical (unpaired) electrons. The highest BCUT2D eigenvalue weighted by molar-refractivity contribution is 7.15. The molecule has 0 unspecified atom stereocenters. The summed E-state index contributed by atoms with van der Waals surface area (Å²) in [5, 5.41) is 17.8. The maximum absolute atomic E-state index is 13.7. The van der Waals surface area contributed by atoms with Crippen LogP contribution in [0.2, 0.25) is 4.47 Å². The highest BCUT2D eigenvalue weighted by atomic mass is 35.5. The zero-order chi connectivity index (χ0) is 23.2. The molecular formula is C24H18ClN5O3S. The summed E-state index contributed by atoms with van der Waals surface area (Å²) in [4.78, 5) is 22.8. The van der Waals surface area contributed by atoms with Crippen LogP contribution in [0.5, 0.6) is 5.88 Å². The third-order valence-electron chi connectivity index (χ3n) is 6.15. The van der Waals surface area contributed by atoms with Gasteiger partial charge >= 0.3 is 5.56 Å². The molecule has 170 valence electrons. The van der Waals surface area contributed by atoms with Gasteiger partial charge in [0.25, 0.3) is 5.65 Å². The largest absolute Gasteiger partial charge is 0.842 e. The summed E-state index contributed by atoms with van der Waals surface area (Å²) in [7, 11) is 0. The van der Waals surface area contributed by atoms with Gasteiger partial charge < -0.3 is 9.63 Å². The van der Waals surface area contributed by atoms with E-state index >= 15 is 0 Å². The van der Waals surface area contributed by atoms with E-state index < -0.39 is 0 Å². The highest BCUT2D eigenvalue weighted by Crippen LogP contribution is 2.36. The van der Waals surface area contributed by atoms with Crippen molar-refractivity contribution in [1.29, 1.82) is 0 Å². The monoisotopic (exact) mass is 491 g/mol. The molecule has 0 spiro atoms. The number of aromatic nitrogens is 5. The Hall–Kier alpha value is -3.56. The molecule has 1 saturated carbocycles. The first-order chi connectivity index (χ1) is 16.6. The van der Waals surface area contributed by atoms with Crippen molar-refractivity contribution in [3.8, 4) is 28.4 Å². The first kappa shape index (κ1) is 21.0. The van der Waals surface area contributed by atoms with Crippen molar-refractivity contribution in [1.82, 2.24) is 19.5 Å². The average Bonchev–Trinajstić information content (AvgIpc) is 3.45. The molecule has 6 rings (SSSR count). The number of hydrogen-bond acceptors (Lipinski definition) is 7. The van der Waals surface area contributed by atoms with Gasteiger partial charge in [0.2, 0.25) is 11.7 Å². The number of nitrogens with zero attached hydrogens (tertiary/aromatic N) is 5. The number of thiazole rings is 1. The molecule has 0 aliphatic heterocycles. The predicted octanol–water partition coefficient (Wildman–Crippen LogP) is 3.80. The van der Waals surface area contributed by atoms with Crippen molar-refractivity contribution < 1.29 is 14.2 Å². The molecule has 1 aliphatic rings. The molecule has 4 aromatic heterocycles. The topological polar surface area (TPSA) is 100 Å². The van der Waals surface area contributed by atoms with E-state index in [1.54, 1.807) is 53.4 Å². The maximum Gasteiger partial charge on any atom is 0.349 e. The Morgan fingerprint density at radius 3 is 2.82 bits per heavy atom. The minimum Gasteiger partial charge on any atom is -0.842 e. The number of halogens is 1. The lowest BCUT2D eigenvalue weighted by molar-refractivity contribution is -0.707. The first-order valence-corrected chi connectivity index (χ1v) is 12.1. The fraction of sp³-hybridized carbons (Fsp3) is 0.208. The molecule has 1 aliphatic carbocycles. The van der Waals surface area contributed by atoms with Gasteiger partial charge in [-0.3, -0.25) is 0 Å². The summed E-state index contributed by atoms with van der Waals surface area (Å²) in [5.41, 5.74) is 1.36. The molecule has 8 nitrogen and oxygen atoms in total. The second-order valence-corrected chi connectivity index (χ2v) is 9.94. The Bertz CT molecular complexity index is 1590. The summed E-state index contributed by atoms with van der Waals surface area (Å²) in [5.74, 6) is 1.02. The van der Waals surface area contributed by atoms with Gasteiger partial charge in [-0.05, 0) is 30.5 Å². The van der Waals surface area contributed by atoms with Crippen LogP contribution in [-0.4, -0.2) is 19.5 Å². The minimum atomic E-state index is -0.389. The van der Waals surface area contributed by atoms with Crippen LogP contribution in [0.15, 0.2) is 64.2 Å².